The third-order valence-electron chi connectivity index (χ3n) is 4.10. The van der Waals surface area contributed by atoms with Crippen LogP contribution in [0.15, 0.2) is 24.3 Å². The van der Waals surface area contributed by atoms with Gasteiger partial charge in [0.15, 0.2) is 0 Å². The van der Waals surface area contributed by atoms with Crippen molar-refractivity contribution >= 4 is 14.3 Å². The Bertz CT molecular complexity index is 405. The molecule has 1 aromatic rings. The van der Waals surface area contributed by atoms with E-state index in [-0.39, 0.29) is 5.41 Å². The third-order valence-corrected chi connectivity index (χ3v) is 7.48. The molecule has 21 heavy (non-hydrogen) atoms. The molecule has 0 unspecified atom stereocenters. The number of hydrogen-bond donors (Lipinski definition) is 0. The second-order valence-corrected chi connectivity index (χ2v) is 8.91. The summed E-state index contributed by atoms with van der Waals surface area (Å²) in [7, 11) is -0.848. The third kappa shape index (κ3) is 4.41. The highest BCUT2D eigenvalue weighted by atomic mass is 28.3. The number of benzene rings is 1. The summed E-state index contributed by atoms with van der Waals surface area (Å²) in [5.41, 5.74) is 1.71. The number of nitrogens with zero attached hydrogens (tertiary/aromatic N) is 2. The van der Waals surface area contributed by atoms with Crippen molar-refractivity contribution in [3.8, 4) is 0 Å². The predicted octanol–water partition coefficient (Wildman–Crippen LogP) is 3.36. The first-order valence-corrected chi connectivity index (χ1v) is 9.76. The average molecular weight is 306 g/mol. The van der Waals surface area contributed by atoms with Crippen molar-refractivity contribution in [1.29, 1.82) is 0 Å². The highest BCUT2D eigenvalue weighted by molar-refractivity contribution is 6.68. The Kier molecular flexibility index (Phi) is 7.11. The van der Waals surface area contributed by atoms with Crippen molar-refractivity contribution in [3.05, 3.63) is 29.8 Å². The Hall–Kier alpha value is -0.643. The quantitative estimate of drug-likeness (QED) is 0.713. The van der Waals surface area contributed by atoms with E-state index in [0.717, 1.165) is 26.2 Å². The zero-order valence-electron chi connectivity index (χ0n) is 15.0. The Labute approximate surface area is 133 Å². The van der Waals surface area contributed by atoms with Gasteiger partial charge in [0.1, 0.15) is 0 Å². The molecule has 2 nitrogen and oxygen atoms in total. The Morgan fingerprint density at radius 2 is 1.24 bits per heavy atom. The van der Waals surface area contributed by atoms with E-state index in [0.29, 0.717) is 0 Å². The molecule has 0 N–H and O–H groups in total. The van der Waals surface area contributed by atoms with Gasteiger partial charge in [0.25, 0.3) is 9.12 Å². The standard InChI is InChI=1S/C18H33N2Si/c1-8-19(9-2)21(20(10-3)11-4)17-15-13-12-14-16(17)18(5,6)7/h12-15H,8-11H2,1-7H3. The molecule has 0 aliphatic carbocycles. The predicted molar refractivity (Wildman–Crippen MR) is 96.4 cm³/mol. The number of rotatable bonds is 7. The molecule has 119 valence electrons. The normalized spacial score (nSPS) is 12.7. The van der Waals surface area contributed by atoms with Gasteiger partial charge in [-0.1, -0.05) is 72.7 Å². The topological polar surface area (TPSA) is 6.48 Å². The summed E-state index contributed by atoms with van der Waals surface area (Å²) in [6.07, 6.45) is 0. The first-order chi connectivity index (χ1) is 9.90. The van der Waals surface area contributed by atoms with Crippen LogP contribution in [0.2, 0.25) is 0 Å². The first kappa shape index (κ1) is 18.4. The summed E-state index contributed by atoms with van der Waals surface area (Å²) in [6, 6.07) is 9.09. The molecule has 0 spiro atoms. The van der Waals surface area contributed by atoms with E-state index in [1.807, 2.05) is 0 Å². The molecule has 0 amide bonds. The molecule has 0 aliphatic heterocycles. The minimum absolute atomic E-state index is 0.201. The van der Waals surface area contributed by atoms with Crippen LogP contribution in [-0.4, -0.2) is 44.4 Å². The molecule has 0 heterocycles. The van der Waals surface area contributed by atoms with Gasteiger partial charge in [-0.15, -0.1) is 0 Å². The van der Waals surface area contributed by atoms with Crippen LogP contribution in [-0.2, 0) is 5.41 Å². The molecule has 3 heteroatoms. The van der Waals surface area contributed by atoms with Crippen LogP contribution >= 0.6 is 0 Å². The van der Waals surface area contributed by atoms with Crippen molar-refractivity contribution in [3.63, 3.8) is 0 Å². The van der Waals surface area contributed by atoms with Gasteiger partial charge in [-0.25, -0.2) is 0 Å². The maximum Gasteiger partial charge on any atom is 0.267 e. The molecular weight excluding hydrogens is 272 g/mol. The lowest BCUT2D eigenvalue weighted by atomic mass is 9.87. The average Bonchev–Trinajstić information content (AvgIpc) is 2.47. The highest BCUT2D eigenvalue weighted by Crippen LogP contribution is 2.21. The van der Waals surface area contributed by atoms with Gasteiger partial charge in [-0.2, -0.15) is 0 Å². The van der Waals surface area contributed by atoms with E-state index >= 15 is 0 Å². The fourth-order valence-corrected chi connectivity index (χ4v) is 6.14. The van der Waals surface area contributed by atoms with Crippen LogP contribution in [0.4, 0.5) is 0 Å². The molecule has 0 bridgehead atoms. The molecule has 0 fully saturated rings. The lowest BCUT2D eigenvalue weighted by Crippen LogP contribution is -2.61. The molecule has 0 saturated carbocycles. The molecular formula is C18H33N2Si. The van der Waals surface area contributed by atoms with Crippen LogP contribution in [0.25, 0.3) is 0 Å². The van der Waals surface area contributed by atoms with Crippen LogP contribution in [0.1, 0.15) is 54.0 Å². The molecule has 1 aromatic carbocycles. The van der Waals surface area contributed by atoms with E-state index < -0.39 is 9.12 Å². The minimum atomic E-state index is -0.848. The Morgan fingerprint density at radius 3 is 1.62 bits per heavy atom. The van der Waals surface area contributed by atoms with Crippen LogP contribution in [0.5, 0.6) is 0 Å². The van der Waals surface area contributed by atoms with E-state index in [2.05, 4.69) is 81.9 Å². The summed E-state index contributed by atoms with van der Waals surface area (Å²) in [6.45, 7) is 20.6. The van der Waals surface area contributed by atoms with Crippen LogP contribution in [0, 0.1) is 0 Å². The van der Waals surface area contributed by atoms with Gasteiger partial charge in [0.05, 0.1) is 0 Å². The van der Waals surface area contributed by atoms with Crippen molar-refractivity contribution in [2.45, 2.75) is 53.9 Å². The van der Waals surface area contributed by atoms with Gasteiger partial charge >= 0.3 is 0 Å². The fourth-order valence-electron chi connectivity index (χ4n) is 2.92. The lowest BCUT2D eigenvalue weighted by molar-refractivity contribution is 0.387. The molecule has 0 saturated heterocycles. The van der Waals surface area contributed by atoms with E-state index in [4.69, 9.17) is 0 Å². The van der Waals surface area contributed by atoms with Crippen molar-refractivity contribution in [1.82, 2.24) is 9.13 Å². The first-order valence-electron chi connectivity index (χ1n) is 8.37. The molecule has 1 radical (unpaired) electrons. The molecule has 1 rings (SSSR count). The Morgan fingerprint density at radius 1 is 0.810 bits per heavy atom. The summed E-state index contributed by atoms with van der Waals surface area (Å²) in [4.78, 5) is 0. The fraction of sp³-hybridized carbons (Fsp3) is 0.667. The molecule has 0 aromatic heterocycles. The van der Waals surface area contributed by atoms with Crippen molar-refractivity contribution in [2.75, 3.05) is 26.2 Å². The van der Waals surface area contributed by atoms with Gasteiger partial charge in [-0.05, 0) is 42.3 Å². The Balaban J connectivity index is 3.39. The maximum atomic E-state index is 2.67. The summed E-state index contributed by atoms with van der Waals surface area (Å²) < 4.78 is 5.34. The number of hydrogen-bond acceptors (Lipinski definition) is 2. The second kappa shape index (κ2) is 8.11. The van der Waals surface area contributed by atoms with Crippen LogP contribution < -0.4 is 5.19 Å². The van der Waals surface area contributed by atoms with Crippen molar-refractivity contribution in [2.24, 2.45) is 0 Å². The van der Waals surface area contributed by atoms with Gasteiger partial charge < -0.3 is 9.13 Å². The van der Waals surface area contributed by atoms with Gasteiger partial charge in [0.2, 0.25) is 0 Å². The SMILES string of the molecule is CCN(CC)[Si](c1ccccc1C(C)(C)C)N(CC)CC. The lowest BCUT2D eigenvalue weighted by Gasteiger charge is -2.38. The van der Waals surface area contributed by atoms with Crippen molar-refractivity contribution < 1.29 is 0 Å². The van der Waals surface area contributed by atoms with Gasteiger partial charge in [0, 0.05) is 0 Å². The smallest absolute Gasteiger partial charge is 0.267 e. The van der Waals surface area contributed by atoms with Crippen LogP contribution in [0.3, 0.4) is 0 Å². The maximum absolute atomic E-state index is 2.67. The summed E-state index contributed by atoms with van der Waals surface area (Å²) in [5.74, 6) is 0. The molecule has 0 aliphatic rings. The minimum Gasteiger partial charge on any atom is -0.309 e. The summed E-state index contributed by atoms with van der Waals surface area (Å²) in [5, 5.41) is 1.57. The largest absolute Gasteiger partial charge is 0.309 e. The monoisotopic (exact) mass is 305 g/mol. The highest BCUT2D eigenvalue weighted by Gasteiger charge is 2.31. The zero-order chi connectivity index (χ0) is 16.0. The molecule has 0 atom stereocenters. The van der Waals surface area contributed by atoms with E-state index in [9.17, 15) is 0 Å². The van der Waals surface area contributed by atoms with E-state index in [1.165, 1.54) is 5.56 Å². The van der Waals surface area contributed by atoms with E-state index in [1.54, 1.807) is 5.19 Å². The van der Waals surface area contributed by atoms with Gasteiger partial charge in [-0.3, -0.25) is 0 Å². The zero-order valence-corrected chi connectivity index (χ0v) is 16.0. The second-order valence-electron chi connectivity index (χ2n) is 6.46. The summed E-state index contributed by atoms with van der Waals surface area (Å²) >= 11 is 0.